The van der Waals surface area contributed by atoms with Crippen molar-refractivity contribution in [3.05, 3.63) is 83.9 Å². The van der Waals surface area contributed by atoms with Crippen LogP contribution in [0.2, 0.25) is 0 Å². The third kappa shape index (κ3) is 4.42. The summed E-state index contributed by atoms with van der Waals surface area (Å²) in [4.78, 5) is 11.9. The first-order chi connectivity index (χ1) is 15.3. The number of carbonyl (C=O) groups is 1. The van der Waals surface area contributed by atoms with Crippen LogP contribution in [0.25, 0.3) is 11.1 Å². The van der Waals surface area contributed by atoms with Gasteiger partial charge in [-0.1, -0.05) is 60.7 Å². The van der Waals surface area contributed by atoms with Crippen molar-refractivity contribution in [2.24, 2.45) is 0 Å². The van der Waals surface area contributed by atoms with Crippen molar-refractivity contribution in [2.45, 2.75) is 45.5 Å². The van der Waals surface area contributed by atoms with E-state index < -0.39 is 18.5 Å². The number of rotatable bonds is 7. The lowest BCUT2D eigenvalue weighted by Crippen LogP contribution is -2.41. The van der Waals surface area contributed by atoms with Gasteiger partial charge in [0.05, 0.1) is 22.3 Å². The molecule has 164 valence electrons. The molecule has 5 nitrogen and oxygen atoms in total. The summed E-state index contributed by atoms with van der Waals surface area (Å²) in [7, 11) is -0.953. The van der Waals surface area contributed by atoms with Gasteiger partial charge < -0.3 is 18.7 Å². The molecule has 1 aliphatic rings. The first-order valence-corrected chi connectivity index (χ1v) is 10.7. The summed E-state index contributed by atoms with van der Waals surface area (Å²) in [5.41, 5.74) is 1.86. The van der Waals surface area contributed by atoms with Crippen molar-refractivity contribution in [3.8, 4) is 22.6 Å². The molecule has 0 unspecified atom stereocenters. The van der Waals surface area contributed by atoms with E-state index in [1.807, 2.05) is 88.4 Å². The van der Waals surface area contributed by atoms with Gasteiger partial charge >= 0.3 is 7.32 Å². The minimum atomic E-state index is -0.953. The molecule has 0 bridgehead atoms. The Hall–Kier alpha value is -3.09. The van der Waals surface area contributed by atoms with Crippen LogP contribution >= 0.6 is 0 Å². The minimum Gasteiger partial charge on any atom is -0.510 e. The molecule has 0 N–H and O–H groups in total. The van der Waals surface area contributed by atoms with Gasteiger partial charge in [-0.3, -0.25) is 4.79 Å². The molecule has 0 aliphatic carbocycles. The van der Waals surface area contributed by atoms with Gasteiger partial charge in [0, 0.05) is 0 Å². The number of hydrogen-bond acceptors (Lipinski definition) is 5. The van der Waals surface area contributed by atoms with Crippen LogP contribution in [0.15, 0.2) is 72.8 Å². The Morgan fingerprint density at radius 3 is 2.03 bits per heavy atom. The van der Waals surface area contributed by atoms with E-state index in [4.69, 9.17) is 18.7 Å². The minimum absolute atomic E-state index is 0.371. The number of ether oxygens (including phenoxy) is 1. The Morgan fingerprint density at radius 1 is 0.844 bits per heavy atom. The molecule has 1 heterocycles. The first kappa shape index (κ1) is 22.1. The van der Waals surface area contributed by atoms with Crippen LogP contribution in [0.3, 0.4) is 0 Å². The molecular formula is C26H27BO5. The highest BCUT2D eigenvalue weighted by molar-refractivity contribution is 6.39. The molecule has 0 spiro atoms. The van der Waals surface area contributed by atoms with Gasteiger partial charge in [0.15, 0.2) is 6.29 Å². The summed E-state index contributed by atoms with van der Waals surface area (Å²) < 4.78 is 24.4. The summed E-state index contributed by atoms with van der Waals surface area (Å²) in [6, 6.07) is 23.1. The molecule has 0 atom stereocenters. The highest BCUT2D eigenvalue weighted by atomic mass is 16.8. The third-order valence-corrected chi connectivity index (χ3v) is 6.02. The maximum atomic E-state index is 11.9. The second-order valence-corrected chi connectivity index (χ2v) is 8.78. The zero-order chi connectivity index (χ0) is 22.8. The zero-order valence-electron chi connectivity index (χ0n) is 18.8. The van der Waals surface area contributed by atoms with Crippen molar-refractivity contribution in [1.29, 1.82) is 0 Å². The number of aldehydes is 1. The van der Waals surface area contributed by atoms with Crippen molar-refractivity contribution < 1.29 is 23.5 Å². The van der Waals surface area contributed by atoms with Crippen LogP contribution in [0.4, 0.5) is 0 Å². The zero-order valence-corrected chi connectivity index (χ0v) is 18.8. The summed E-state index contributed by atoms with van der Waals surface area (Å²) in [6.07, 6.45) is 0.772. The molecule has 1 aliphatic heterocycles. The topological polar surface area (TPSA) is 54.0 Å². The van der Waals surface area contributed by atoms with Gasteiger partial charge in [-0.25, -0.2) is 0 Å². The van der Waals surface area contributed by atoms with Crippen molar-refractivity contribution in [3.63, 3.8) is 0 Å². The number of carbonyl (C=O) groups excluding carboxylic acids is 1. The summed E-state index contributed by atoms with van der Waals surface area (Å²) in [6.45, 7) is 8.20. The number of hydrogen-bond donors (Lipinski definition) is 0. The molecule has 6 heteroatoms. The van der Waals surface area contributed by atoms with Crippen LogP contribution in [0, 0.1) is 0 Å². The fourth-order valence-electron chi connectivity index (χ4n) is 3.47. The molecule has 0 saturated carbocycles. The van der Waals surface area contributed by atoms with Gasteiger partial charge in [-0.05, 0) is 51.0 Å². The van der Waals surface area contributed by atoms with Crippen molar-refractivity contribution in [1.82, 2.24) is 0 Å². The quantitative estimate of drug-likeness (QED) is 0.355. The highest BCUT2D eigenvalue weighted by Crippen LogP contribution is 2.43. The Morgan fingerprint density at radius 2 is 1.44 bits per heavy atom. The average Bonchev–Trinajstić information content (AvgIpc) is 2.99. The fraction of sp³-hybridized carbons (Fsp3) is 0.269. The molecule has 1 fully saturated rings. The molecule has 3 aromatic rings. The van der Waals surface area contributed by atoms with Crippen LogP contribution < -0.4 is 9.39 Å². The van der Waals surface area contributed by atoms with Crippen molar-refractivity contribution >= 4 is 13.6 Å². The molecule has 4 rings (SSSR count). The van der Waals surface area contributed by atoms with Crippen LogP contribution in [-0.4, -0.2) is 24.8 Å². The van der Waals surface area contributed by atoms with Crippen molar-refractivity contribution in [2.75, 3.05) is 0 Å². The predicted molar refractivity (Wildman–Crippen MR) is 125 cm³/mol. The van der Waals surface area contributed by atoms with Crippen LogP contribution in [-0.2, 0) is 15.9 Å². The molecule has 1 saturated heterocycles. The largest absolute Gasteiger partial charge is 0.714 e. The normalized spacial score (nSPS) is 16.6. The first-order valence-electron chi connectivity index (χ1n) is 10.7. The molecule has 0 aromatic heterocycles. The van der Waals surface area contributed by atoms with Crippen LogP contribution in [0.1, 0.15) is 43.6 Å². The summed E-state index contributed by atoms with van der Waals surface area (Å²) in [5, 5.41) is 0. The summed E-state index contributed by atoms with van der Waals surface area (Å²) >= 11 is 0. The molecular weight excluding hydrogens is 403 g/mol. The Balaban J connectivity index is 1.74. The molecule has 32 heavy (non-hydrogen) atoms. The molecule has 0 amide bonds. The van der Waals surface area contributed by atoms with E-state index in [1.54, 1.807) is 12.1 Å². The monoisotopic (exact) mass is 430 g/mol. The van der Waals surface area contributed by atoms with Gasteiger partial charge in [0.2, 0.25) is 0 Å². The lowest BCUT2D eigenvalue weighted by atomic mass is 9.90. The van der Waals surface area contributed by atoms with Crippen LogP contribution in [0.5, 0.6) is 11.5 Å². The Bertz CT molecular complexity index is 1060. The number of benzene rings is 3. The van der Waals surface area contributed by atoms with E-state index in [2.05, 4.69) is 0 Å². The lowest BCUT2D eigenvalue weighted by Gasteiger charge is -2.31. The van der Waals surface area contributed by atoms with Gasteiger partial charge in [0.1, 0.15) is 18.1 Å². The van der Waals surface area contributed by atoms with Gasteiger partial charge in [-0.2, -0.15) is 0 Å². The smallest absolute Gasteiger partial charge is 0.510 e. The lowest BCUT2D eigenvalue weighted by molar-refractivity contribution is 0.00578. The Kier molecular flexibility index (Phi) is 6.09. The van der Waals surface area contributed by atoms with E-state index in [-0.39, 0.29) is 0 Å². The standard InChI is InChI=1S/C26H27BO5/c1-25(2)26(3,4)32-27(31-25)30-24-21(17-28)15-16-22(23(24)20-13-9-6-10-14-20)29-18-19-11-7-5-8-12-19/h5-17H,18H2,1-4H3. The SMILES string of the molecule is CC1(C)OB(Oc2c(C=O)ccc(OCc3ccccc3)c2-c2ccccc2)OC1(C)C. The Labute approximate surface area is 189 Å². The fourth-order valence-corrected chi connectivity index (χ4v) is 3.47. The maximum absolute atomic E-state index is 11.9. The second-order valence-electron chi connectivity index (χ2n) is 8.78. The molecule has 3 aromatic carbocycles. The van der Waals surface area contributed by atoms with Gasteiger partial charge in [-0.15, -0.1) is 0 Å². The van der Waals surface area contributed by atoms with E-state index in [9.17, 15) is 4.79 Å². The van der Waals surface area contributed by atoms with E-state index in [1.165, 1.54) is 0 Å². The second kappa shape index (κ2) is 8.81. The predicted octanol–water partition coefficient (Wildman–Crippen LogP) is 5.71. The molecule has 0 radical (unpaired) electrons. The van der Waals surface area contributed by atoms with E-state index in [0.717, 1.165) is 17.4 Å². The third-order valence-electron chi connectivity index (χ3n) is 6.02. The van der Waals surface area contributed by atoms with Gasteiger partial charge in [0.25, 0.3) is 0 Å². The summed E-state index contributed by atoms with van der Waals surface area (Å²) in [5.74, 6) is 0.979. The highest BCUT2D eigenvalue weighted by Gasteiger charge is 2.54. The maximum Gasteiger partial charge on any atom is 0.714 e. The van der Waals surface area contributed by atoms with E-state index in [0.29, 0.717) is 29.2 Å². The van der Waals surface area contributed by atoms with E-state index >= 15 is 0 Å². The average molecular weight is 430 g/mol.